The highest BCUT2D eigenvalue weighted by Gasteiger charge is 2.36. The Bertz CT molecular complexity index is 605. The van der Waals surface area contributed by atoms with Crippen LogP contribution >= 0.6 is 0 Å². The summed E-state index contributed by atoms with van der Waals surface area (Å²) in [4.78, 5) is 24.4. The molecule has 0 atom stereocenters. The van der Waals surface area contributed by atoms with E-state index >= 15 is 0 Å². The third kappa shape index (κ3) is 16.4. The van der Waals surface area contributed by atoms with Crippen molar-refractivity contribution in [2.45, 2.75) is 123 Å². The summed E-state index contributed by atoms with van der Waals surface area (Å²) in [5, 5.41) is 0. The molecule has 0 fully saturated rings. The molecule has 0 aliphatic heterocycles. The molecule has 0 bridgehead atoms. The van der Waals surface area contributed by atoms with E-state index in [1.807, 2.05) is 0 Å². The van der Waals surface area contributed by atoms with Gasteiger partial charge in [-0.1, -0.05) is 97.1 Å². The molecule has 0 saturated carbocycles. The monoisotopic (exact) mass is 588 g/mol. The molecule has 8 heteroatoms. The first-order chi connectivity index (χ1) is 18.3. The molecule has 0 aromatic heterocycles. The van der Waals surface area contributed by atoms with Crippen LogP contribution in [-0.2, 0) is 19.1 Å². The summed E-state index contributed by atoms with van der Waals surface area (Å²) in [5.41, 5.74) is 0. The quantitative estimate of drug-likeness (QED) is 0.0525. The van der Waals surface area contributed by atoms with Crippen molar-refractivity contribution in [3.8, 4) is 0 Å². The molecule has 0 radical (unpaired) electrons. The summed E-state index contributed by atoms with van der Waals surface area (Å²) in [6, 6.07) is 8.00. The zero-order valence-electron chi connectivity index (χ0n) is 28.0. The maximum absolute atomic E-state index is 12.2. The zero-order chi connectivity index (χ0) is 30.0. The molecule has 0 saturated heterocycles. The molecule has 0 aliphatic rings. The van der Waals surface area contributed by atoms with E-state index in [9.17, 15) is 9.59 Å². The number of likely N-dealkylation sites (N-methyl/N-ethyl adjacent to an activating group) is 2. The normalized spacial score (nSPS) is 13.0. The number of esters is 2. The van der Waals surface area contributed by atoms with Crippen molar-refractivity contribution < 1.29 is 28.0 Å². The van der Waals surface area contributed by atoms with Crippen LogP contribution < -0.4 is 0 Å². The SMILES string of the molecule is CC[Si](CC)(CC)C[N+](C)(C)CCOC(=O)CCCCCCCC(=O)OCC[N+](C)(C)C[Si](CC)(CC)CC. The van der Waals surface area contributed by atoms with E-state index < -0.39 is 16.1 Å². The van der Waals surface area contributed by atoms with Gasteiger partial charge < -0.3 is 18.4 Å². The van der Waals surface area contributed by atoms with E-state index in [1.165, 1.54) is 48.6 Å². The molecule has 0 N–H and O–H groups in total. The molecular formula is C31H68N2O4Si2+2. The van der Waals surface area contributed by atoms with Gasteiger partial charge in [0, 0.05) is 12.8 Å². The summed E-state index contributed by atoms with van der Waals surface area (Å²) in [5.74, 6) is -0.136. The number of hydrogen-bond donors (Lipinski definition) is 0. The van der Waals surface area contributed by atoms with Crippen LogP contribution in [0.3, 0.4) is 0 Å². The summed E-state index contributed by atoms with van der Waals surface area (Å²) in [6.45, 7) is 16.9. The van der Waals surface area contributed by atoms with Crippen LogP contribution in [0.2, 0.25) is 36.3 Å². The number of carbonyl (C=O) groups is 2. The lowest BCUT2D eigenvalue weighted by Crippen LogP contribution is -2.55. The number of nitrogens with zero attached hydrogens (tertiary/aromatic N) is 2. The minimum atomic E-state index is -1.20. The van der Waals surface area contributed by atoms with Gasteiger partial charge in [-0.05, 0) is 12.8 Å². The van der Waals surface area contributed by atoms with E-state index in [-0.39, 0.29) is 11.9 Å². The molecule has 39 heavy (non-hydrogen) atoms. The second-order valence-electron chi connectivity index (χ2n) is 13.5. The van der Waals surface area contributed by atoms with Gasteiger partial charge in [0.2, 0.25) is 0 Å². The molecule has 0 aromatic rings. The molecule has 0 heterocycles. The Morgan fingerprint density at radius 2 is 0.795 bits per heavy atom. The van der Waals surface area contributed by atoms with Crippen LogP contribution in [0.25, 0.3) is 0 Å². The fourth-order valence-electron chi connectivity index (χ4n) is 6.17. The van der Waals surface area contributed by atoms with Gasteiger partial charge in [0.05, 0.1) is 40.5 Å². The minimum absolute atomic E-state index is 0.0680. The van der Waals surface area contributed by atoms with E-state index in [0.717, 1.165) is 54.2 Å². The largest absolute Gasteiger partial charge is 0.460 e. The van der Waals surface area contributed by atoms with Gasteiger partial charge in [-0.2, -0.15) is 0 Å². The Labute approximate surface area is 245 Å². The Kier molecular flexibility index (Phi) is 19.1. The molecule has 0 spiro atoms. The predicted molar refractivity (Wildman–Crippen MR) is 172 cm³/mol. The first kappa shape index (κ1) is 38.3. The predicted octanol–water partition coefficient (Wildman–Crippen LogP) is 7.05. The summed E-state index contributed by atoms with van der Waals surface area (Å²) < 4.78 is 13.0. The van der Waals surface area contributed by atoms with Gasteiger partial charge in [0.25, 0.3) is 0 Å². The standard InChI is InChI=1S/C31H68N2O4Si2/c1-11-38(12-2,13-3)28-32(7,8)24-26-36-30(34)22-20-18-17-19-21-23-31(35)37-27-25-33(9,10)29-39(14-4,15-5)16-6/h11-29H2,1-10H3/q+2. The molecule has 6 nitrogen and oxygen atoms in total. The van der Waals surface area contributed by atoms with Crippen molar-refractivity contribution in [1.82, 2.24) is 0 Å². The summed E-state index contributed by atoms with van der Waals surface area (Å²) >= 11 is 0. The third-order valence-corrected chi connectivity index (χ3v) is 21.8. The van der Waals surface area contributed by atoms with Gasteiger partial charge in [-0.3, -0.25) is 9.59 Å². The van der Waals surface area contributed by atoms with E-state index in [0.29, 0.717) is 26.1 Å². The van der Waals surface area contributed by atoms with E-state index in [2.05, 4.69) is 69.7 Å². The summed E-state index contributed by atoms with van der Waals surface area (Å²) in [6.07, 6.45) is 8.31. The molecule has 232 valence electrons. The highest BCUT2D eigenvalue weighted by Crippen LogP contribution is 2.24. The number of carbonyl (C=O) groups excluding carboxylic acids is 2. The maximum Gasteiger partial charge on any atom is 0.305 e. The van der Waals surface area contributed by atoms with Crippen LogP contribution in [0.4, 0.5) is 0 Å². The van der Waals surface area contributed by atoms with Crippen molar-refractivity contribution in [2.24, 2.45) is 0 Å². The van der Waals surface area contributed by atoms with Crippen molar-refractivity contribution in [3.05, 3.63) is 0 Å². The van der Waals surface area contributed by atoms with Crippen molar-refractivity contribution >= 4 is 28.1 Å². The molecular weight excluding hydrogens is 521 g/mol. The van der Waals surface area contributed by atoms with Crippen molar-refractivity contribution in [3.63, 3.8) is 0 Å². The second kappa shape index (κ2) is 19.4. The fourth-order valence-corrected chi connectivity index (χ4v) is 14.5. The van der Waals surface area contributed by atoms with Crippen LogP contribution in [-0.4, -0.2) is 104 Å². The Hall–Kier alpha value is -0.706. The van der Waals surface area contributed by atoms with Crippen LogP contribution in [0.5, 0.6) is 0 Å². The van der Waals surface area contributed by atoms with Crippen molar-refractivity contribution in [2.75, 3.05) is 66.8 Å². The molecule has 0 rings (SSSR count). The number of hydrogen-bond acceptors (Lipinski definition) is 4. The zero-order valence-corrected chi connectivity index (χ0v) is 30.0. The van der Waals surface area contributed by atoms with Crippen molar-refractivity contribution in [1.29, 1.82) is 0 Å². The highest BCUT2D eigenvalue weighted by atomic mass is 28.3. The summed E-state index contributed by atoms with van der Waals surface area (Å²) in [7, 11) is 6.73. The maximum atomic E-state index is 12.2. The highest BCUT2D eigenvalue weighted by molar-refractivity contribution is 6.80. The average Bonchev–Trinajstić information content (AvgIpc) is 2.89. The smallest absolute Gasteiger partial charge is 0.305 e. The van der Waals surface area contributed by atoms with Gasteiger partial charge in [-0.15, -0.1) is 0 Å². The van der Waals surface area contributed by atoms with Crippen LogP contribution in [0, 0.1) is 0 Å². The lowest BCUT2D eigenvalue weighted by molar-refractivity contribution is -0.880. The van der Waals surface area contributed by atoms with Crippen LogP contribution in [0.1, 0.15) is 86.5 Å². The Morgan fingerprint density at radius 1 is 0.513 bits per heavy atom. The minimum Gasteiger partial charge on any atom is -0.460 e. The second-order valence-corrected chi connectivity index (χ2v) is 24.3. The van der Waals surface area contributed by atoms with E-state index in [1.54, 1.807) is 0 Å². The van der Waals surface area contributed by atoms with Gasteiger partial charge in [-0.25, -0.2) is 0 Å². The number of rotatable bonds is 24. The Morgan fingerprint density at radius 3 is 1.08 bits per heavy atom. The van der Waals surface area contributed by atoms with Gasteiger partial charge in [0.15, 0.2) is 0 Å². The topological polar surface area (TPSA) is 52.6 Å². The first-order valence-electron chi connectivity index (χ1n) is 16.2. The average molecular weight is 589 g/mol. The third-order valence-electron chi connectivity index (χ3n) is 9.71. The number of quaternary nitrogens is 2. The van der Waals surface area contributed by atoms with Crippen LogP contribution in [0.15, 0.2) is 0 Å². The lowest BCUT2D eigenvalue weighted by Gasteiger charge is -2.39. The molecule has 0 amide bonds. The van der Waals surface area contributed by atoms with E-state index in [4.69, 9.17) is 9.47 Å². The fraction of sp³-hybridized carbons (Fsp3) is 0.935. The van der Waals surface area contributed by atoms with Gasteiger partial charge >= 0.3 is 11.9 Å². The number of unbranched alkanes of at least 4 members (excludes halogenated alkanes) is 4. The molecule has 0 aromatic carbocycles. The first-order valence-corrected chi connectivity index (χ1v) is 21.9. The molecule has 0 unspecified atom stereocenters. The van der Waals surface area contributed by atoms with Gasteiger partial charge in [0.1, 0.15) is 42.5 Å². The Balaban J connectivity index is 3.98. The number of ether oxygens (including phenoxy) is 2. The lowest BCUT2D eigenvalue weighted by atomic mass is 10.1. The molecule has 0 aliphatic carbocycles.